The third-order valence-corrected chi connectivity index (χ3v) is 2.48. The minimum Gasteiger partial charge on any atom is -0.390 e. The minimum atomic E-state index is -0.693. The van der Waals surface area contributed by atoms with E-state index < -0.39 is 12.2 Å². The summed E-state index contributed by atoms with van der Waals surface area (Å²) in [5.41, 5.74) is -0.168. The summed E-state index contributed by atoms with van der Waals surface area (Å²) >= 11 is 0. The highest BCUT2D eigenvalue weighted by molar-refractivity contribution is 5.85. The second kappa shape index (κ2) is 3.47. The normalized spacial score (nSPS) is 38.5. The van der Waals surface area contributed by atoms with Gasteiger partial charge in [-0.1, -0.05) is 0 Å². The Balaban J connectivity index is 0.000000720. The Hall–Kier alpha value is 0.130. The van der Waals surface area contributed by atoms with Crippen molar-refractivity contribution in [2.75, 3.05) is 19.7 Å². The molecule has 12 heavy (non-hydrogen) atoms. The van der Waals surface area contributed by atoms with E-state index in [0.717, 1.165) is 13.1 Å². The Labute approximate surface area is 77.3 Å². The van der Waals surface area contributed by atoms with Crippen LogP contribution in [0, 0.1) is 0 Å². The largest absolute Gasteiger partial charge is 0.390 e. The van der Waals surface area contributed by atoms with Crippen molar-refractivity contribution in [3.05, 3.63) is 0 Å². The van der Waals surface area contributed by atoms with Crippen molar-refractivity contribution in [1.29, 1.82) is 0 Å². The summed E-state index contributed by atoms with van der Waals surface area (Å²) in [5, 5.41) is 21.5. The van der Waals surface area contributed by atoms with E-state index in [2.05, 4.69) is 5.32 Å². The van der Waals surface area contributed by atoms with Crippen LogP contribution in [0.2, 0.25) is 0 Å². The quantitative estimate of drug-likeness (QED) is 0.459. The number of hydrogen-bond acceptors (Lipinski definition) is 4. The summed E-state index contributed by atoms with van der Waals surface area (Å²) in [6, 6.07) is 0. The molecule has 2 aliphatic heterocycles. The molecule has 0 bridgehead atoms. The third kappa shape index (κ3) is 1.58. The maximum absolute atomic E-state index is 9.32. The molecule has 4 nitrogen and oxygen atoms in total. The molecule has 0 radical (unpaired) electrons. The second-order valence-corrected chi connectivity index (χ2v) is 3.44. The molecule has 2 saturated heterocycles. The lowest BCUT2D eigenvalue weighted by atomic mass is 9.86. The van der Waals surface area contributed by atoms with Gasteiger partial charge in [-0.05, 0) is 0 Å². The maximum Gasteiger partial charge on any atom is 0.103 e. The number of ether oxygens (including phenoxy) is 1. The number of rotatable bonds is 0. The van der Waals surface area contributed by atoms with E-state index in [0.29, 0.717) is 6.42 Å². The van der Waals surface area contributed by atoms with Gasteiger partial charge in [-0.3, -0.25) is 0 Å². The van der Waals surface area contributed by atoms with Gasteiger partial charge in [0.25, 0.3) is 0 Å². The van der Waals surface area contributed by atoms with Crippen LogP contribution >= 0.6 is 12.4 Å². The monoisotopic (exact) mass is 195 g/mol. The second-order valence-electron chi connectivity index (χ2n) is 3.44. The van der Waals surface area contributed by atoms with Crippen molar-refractivity contribution in [1.82, 2.24) is 5.32 Å². The van der Waals surface area contributed by atoms with Crippen LogP contribution in [0.3, 0.4) is 0 Å². The number of nitrogens with one attached hydrogen (secondary N) is 1. The molecule has 0 aromatic rings. The standard InChI is InChI=1S/C7H13NO3.ClH/c9-5-1-7(3-8-4-7)11-2-6(5)10;/h5-6,8-10H,1-4H2;1H/t5-,6+;/m0./s1. The Morgan fingerprint density at radius 2 is 1.92 bits per heavy atom. The lowest BCUT2D eigenvalue weighted by Crippen LogP contribution is -2.66. The zero-order chi connectivity index (χ0) is 7.90. The van der Waals surface area contributed by atoms with Gasteiger partial charge in [0.15, 0.2) is 0 Å². The van der Waals surface area contributed by atoms with Crippen LogP contribution in [0.4, 0.5) is 0 Å². The van der Waals surface area contributed by atoms with E-state index in [-0.39, 0.29) is 24.6 Å². The molecule has 2 fully saturated rings. The minimum absolute atomic E-state index is 0. The van der Waals surface area contributed by atoms with E-state index in [4.69, 9.17) is 9.84 Å². The highest BCUT2D eigenvalue weighted by atomic mass is 35.5. The van der Waals surface area contributed by atoms with Gasteiger partial charge in [-0.25, -0.2) is 0 Å². The van der Waals surface area contributed by atoms with Crippen LogP contribution in [0.15, 0.2) is 0 Å². The first-order valence-corrected chi connectivity index (χ1v) is 3.93. The van der Waals surface area contributed by atoms with Gasteiger partial charge in [0.2, 0.25) is 0 Å². The molecule has 2 heterocycles. The van der Waals surface area contributed by atoms with Crippen molar-refractivity contribution < 1.29 is 14.9 Å². The first kappa shape index (κ1) is 10.2. The third-order valence-electron chi connectivity index (χ3n) is 2.48. The van der Waals surface area contributed by atoms with E-state index in [9.17, 15) is 5.11 Å². The van der Waals surface area contributed by atoms with E-state index >= 15 is 0 Å². The molecule has 2 atom stereocenters. The lowest BCUT2D eigenvalue weighted by molar-refractivity contribution is -0.188. The molecule has 0 aliphatic carbocycles. The summed E-state index contributed by atoms with van der Waals surface area (Å²) < 4.78 is 5.41. The predicted molar refractivity (Wildman–Crippen MR) is 45.4 cm³/mol. The van der Waals surface area contributed by atoms with Crippen LogP contribution in [0.5, 0.6) is 0 Å². The topological polar surface area (TPSA) is 61.7 Å². The Kier molecular flexibility index (Phi) is 2.96. The fourth-order valence-electron chi connectivity index (χ4n) is 1.60. The molecule has 0 aromatic heterocycles. The number of aliphatic hydroxyl groups excluding tert-OH is 2. The summed E-state index contributed by atoms with van der Waals surface area (Å²) in [4.78, 5) is 0. The summed E-state index contributed by atoms with van der Waals surface area (Å²) in [7, 11) is 0. The fraction of sp³-hybridized carbons (Fsp3) is 1.00. The van der Waals surface area contributed by atoms with Gasteiger partial charge in [-0.15, -0.1) is 12.4 Å². The van der Waals surface area contributed by atoms with Crippen molar-refractivity contribution in [2.24, 2.45) is 0 Å². The molecular formula is C7H14ClNO3. The zero-order valence-electron chi connectivity index (χ0n) is 6.69. The Bertz CT molecular complexity index is 163. The molecule has 2 aliphatic rings. The van der Waals surface area contributed by atoms with Crippen LogP contribution in [0.25, 0.3) is 0 Å². The molecule has 0 aromatic carbocycles. The van der Waals surface area contributed by atoms with Gasteiger partial charge in [0, 0.05) is 19.5 Å². The first-order chi connectivity index (χ1) is 5.22. The maximum atomic E-state index is 9.32. The molecule has 72 valence electrons. The van der Waals surface area contributed by atoms with Crippen LogP contribution in [-0.4, -0.2) is 47.7 Å². The zero-order valence-corrected chi connectivity index (χ0v) is 7.51. The van der Waals surface area contributed by atoms with E-state index in [1.807, 2.05) is 0 Å². The summed E-state index contributed by atoms with van der Waals surface area (Å²) in [6.07, 6.45) is -0.742. The highest BCUT2D eigenvalue weighted by Crippen LogP contribution is 2.28. The molecule has 2 rings (SSSR count). The van der Waals surface area contributed by atoms with Crippen molar-refractivity contribution in [3.8, 4) is 0 Å². The number of aliphatic hydroxyl groups is 2. The Morgan fingerprint density at radius 3 is 2.33 bits per heavy atom. The van der Waals surface area contributed by atoms with Gasteiger partial charge >= 0.3 is 0 Å². The number of halogens is 1. The molecule has 0 saturated carbocycles. The molecule has 0 unspecified atom stereocenters. The van der Waals surface area contributed by atoms with Gasteiger partial charge < -0.3 is 20.3 Å². The molecule has 3 N–H and O–H groups in total. The summed E-state index contributed by atoms with van der Waals surface area (Å²) in [5.74, 6) is 0. The Morgan fingerprint density at radius 1 is 1.25 bits per heavy atom. The van der Waals surface area contributed by atoms with Crippen LogP contribution in [0.1, 0.15) is 6.42 Å². The fourth-order valence-corrected chi connectivity index (χ4v) is 1.60. The first-order valence-electron chi connectivity index (χ1n) is 3.93. The highest BCUT2D eigenvalue weighted by Gasteiger charge is 2.45. The molecule has 1 spiro atoms. The smallest absolute Gasteiger partial charge is 0.103 e. The van der Waals surface area contributed by atoms with Gasteiger partial charge in [0.05, 0.1) is 18.3 Å². The molecule has 0 amide bonds. The van der Waals surface area contributed by atoms with Crippen LogP contribution < -0.4 is 5.32 Å². The average molecular weight is 196 g/mol. The SMILES string of the molecule is Cl.O[C@@H]1COC2(CNC2)C[C@@H]1O. The van der Waals surface area contributed by atoms with Gasteiger partial charge in [0.1, 0.15) is 6.10 Å². The predicted octanol–water partition coefficient (Wildman–Crippen LogP) is -1.11. The van der Waals surface area contributed by atoms with Gasteiger partial charge in [-0.2, -0.15) is 0 Å². The van der Waals surface area contributed by atoms with Crippen molar-refractivity contribution >= 4 is 12.4 Å². The van der Waals surface area contributed by atoms with Crippen molar-refractivity contribution in [2.45, 2.75) is 24.2 Å². The number of hydrogen-bond donors (Lipinski definition) is 3. The van der Waals surface area contributed by atoms with Crippen molar-refractivity contribution in [3.63, 3.8) is 0 Å². The average Bonchev–Trinajstić information content (AvgIpc) is 1.92. The van der Waals surface area contributed by atoms with Crippen LogP contribution in [-0.2, 0) is 4.74 Å². The van der Waals surface area contributed by atoms with E-state index in [1.54, 1.807) is 0 Å². The molecule has 5 heteroatoms. The molecular weight excluding hydrogens is 182 g/mol. The van der Waals surface area contributed by atoms with E-state index in [1.165, 1.54) is 0 Å². The summed E-state index contributed by atoms with van der Waals surface area (Å²) in [6.45, 7) is 1.87. The lowest BCUT2D eigenvalue weighted by Gasteiger charge is -2.47.